The van der Waals surface area contributed by atoms with Crippen LogP contribution in [0.15, 0.2) is 0 Å². The summed E-state index contributed by atoms with van der Waals surface area (Å²) < 4.78 is 17.0. The van der Waals surface area contributed by atoms with E-state index >= 15 is 0 Å². The summed E-state index contributed by atoms with van der Waals surface area (Å²) in [6, 6.07) is 0. The molecule has 0 aliphatic carbocycles. The Morgan fingerprint density at radius 1 is 0.414 bits per heavy atom. The summed E-state index contributed by atoms with van der Waals surface area (Å²) in [5, 5.41) is 0. The zero-order valence-corrected chi connectivity index (χ0v) is 21.0. The molecule has 0 bridgehead atoms. The first-order chi connectivity index (χ1) is 14.2. The molecule has 1 radical (unpaired) electrons. The third kappa shape index (κ3) is 21.1. The molecule has 0 aromatic heterocycles. The Kier molecular flexibility index (Phi) is 22.8. The average Bonchev–Trinajstić information content (AvgIpc) is 2.72. The number of hydrogen-bond donors (Lipinski definition) is 0. The monoisotopic (exact) mass is 431 g/mol. The Labute approximate surface area is 183 Å². The van der Waals surface area contributed by atoms with Crippen LogP contribution in [-0.4, -0.2) is 28.9 Å². The van der Waals surface area contributed by atoms with Gasteiger partial charge in [-0.05, 0) is 19.3 Å². The first kappa shape index (κ1) is 29.1. The van der Waals surface area contributed by atoms with E-state index in [9.17, 15) is 4.80 Å². The molecule has 0 unspecified atom stereocenters. The molecule has 0 aromatic carbocycles. The molecule has 175 valence electrons. The molecule has 0 heterocycles. The first-order valence-electron chi connectivity index (χ1n) is 12.8. The third-order valence-electron chi connectivity index (χ3n) is 5.33. The van der Waals surface area contributed by atoms with Gasteiger partial charge in [0.1, 0.15) is 0 Å². The van der Waals surface area contributed by atoms with Gasteiger partial charge in [-0.25, -0.2) is 4.80 Å². The van der Waals surface area contributed by atoms with E-state index in [1.165, 1.54) is 77.0 Å². The van der Waals surface area contributed by atoms with E-state index in [1.807, 2.05) is 0 Å². The molecule has 0 spiro atoms. The van der Waals surface area contributed by atoms with Crippen molar-refractivity contribution in [2.24, 2.45) is 0 Å². The van der Waals surface area contributed by atoms with Crippen molar-refractivity contribution in [2.45, 2.75) is 136 Å². The van der Waals surface area contributed by atoms with Gasteiger partial charge in [-0.3, -0.25) is 0 Å². The average molecular weight is 432 g/mol. The molecule has 0 saturated heterocycles. The van der Waals surface area contributed by atoms with Crippen molar-refractivity contribution in [3.8, 4) is 0 Å². The maximum absolute atomic E-state index is 13.0. The summed E-state index contributed by atoms with van der Waals surface area (Å²) in [4.78, 5) is 13.0. The highest BCUT2D eigenvalue weighted by Gasteiger charge is 2.43. The molecule has 0 fully saturated rings. The van der Waals surface area contributed by atoms with Crippen LogP contribution >= 0.6 is 0 Å². The quantitative estimate of drug-likeness (QED) is 0.115. The fourth-order valence-corrected chi connectivity index (χ4v) is 4.80. The van der Waals surface area contributed by atoms with Gasteiger partial charge in [-0.2, -0.15) is 0 Å². The van der Waals surface area contributed by atoms with E-state index in [2.05, 4.69) is 20.8 Å². The van der Waals surface area contributed by atoms with Gasteiger partial charge in [0.05, 0.1) is 0 Å². The van der Waals surface area contributed by atoms with Crippen LogP contribution in [0.5, 0.6) is 0 Å². The lowest BCUT2D eigenvalue weighted by Gasteiger charge is -2.21. The molecule has 0 aliphatic heterocycles. The highest BCUT2D eigenvalue weighted by atomic mass is 28.4. The SMILES string of the molecule is CCCCCCCCO[Si]([O])(OCCCCCCCC)OCCCCCCCC. The molecule has 5 heteroatoms. The summed E-state index contributed by atoms with van der Waals surface area (Å²) in [5.74, 6) is 0. The smallest absolute Gasteiger partial charge is 0.350 e. The second kappa shape index (κ2) is 22.7. The van der Waals surface area contributed by atoms with Gasteiger partial charge in [-0.1, -0.05) is 117 Å². The maximum Gasteiger partial charge on any atom is 0.707 e. The summed E-state index contributed by atoms with van der Waals surface area (Å²) in [6.07, 6.45) is 21.3. The Morgan fingerprint density at radius 2 is 0.655 bits per heavy atom. The minimum Gasteiger partial charge on any atom is -0.350 e. The van der Waals surface area contributed by atoms with Crippen molar-refractivity contribution in [3.63, 3.8) is 0 Å². The van der Waals surface area contributed by atoms with E-state index in [0.717, 1.165) is 38.5 Å². The van der Waals surface area contributed by atoms with E-state index in [-0.39, 0.29) is 0 Å². The van der Waals surface area contributed by atoms with Crippen LogP contribution < -0.4 is 0 Å². The lowest BCUT2D eigenvalue weighted by Crippen LogP contribution is -2.45. The van der Waals surface area contributed by atoms with Crippen molar-refractivity contribution in [2.75, 3.05) is 19.8 Å². The molecule has 0 aliphatic rings. The van der Waals surface area contributed by atoms with Crippen molar-refractivity contribution >= 4 is 9.05 Å². The number of rotatable bonds is 24. The van der Waals surface area contributed by atoms with E-state index in [1.54, 1.807) is 0 Å². The predicted octanol–water partition coefficient (Wildman–Crippen LogP) is 7.98. The van der Waals surface area contributed by atoms with Gasteiger partial charge in [0, 0.05) is 19.8 Å². The molecular weight excluding hydrogens is 380 g/mol. The van der Waals surface area contributed by atoms with Crippen molar-refractivity contribution in [1.29, 1.82) is 0 Å². The lowest BCUT2D eigenvalue weighted by atomic mass is 10.1. The van der Waals surface area contributed by atoms with Gasteiger partial charge in [0.2, 0.25) is 0 Å². The summed E-state index contributed by atoms with van der Waals surface area (Å²) >= 11 is 0. The van der Waals surface area contributed by atoms with Crippen LogP contribution in [-0.2, 0) is 18.1 Å². The second-order valence-electron chi connectivity index (χ2n) is 8.35. The zero-order valence-electron chi connectivity index (χ0n) is 20.0. The Balaban J connectivity index is 4.03. The number of hydrogen-bond acceptors (Lipinski definition) is 3. The minimum atomic E-state index is -3.73. The molecule has 0 rings (SSSR count). The molecule has 0 amide bonds. The van der Waals surface area contributed by atoms with E-state index < -0.39 is 9.05 Å². The van der Waals surface area contributed by atoms with Crippen molar-refractivity contribution in [3.05, 3.63) is 0 Å². The molecule has 0 aromatic rings. The zero-order chi connectivity index (χ0) is 21.5. The highest BCUT2D eigenvalue weighted by molar-refractivity contribution is 6.51. The Hall–Kier alpha value is 0.0569. The van der Waals surface area contributed by atoms with E-state index in [0.29, 0.717) is 19.8 Å². The lowest BCUT2D eigenvalue weighted by molar-refractivity contribution is -0.0309. The maximum atomic E-state index is 13.0. The molecule has 0 saturated carbocycles. The first-order valence-corrected chi connectivity index (χ1v) is 14.4. The van der Waals surface area contributed by atoms with Gasteiger partial charge in [0.25, 0.3) is 0 Å². The third-order valence-corrected chi connectivity index (χ3v) is 7.00. The fourth-order valence-electron chi connectivity index (χ4n) is 3.36. The van der Waals surface area contributed by atoms with Gasteiger partial charge in [-0.15, -0.1) is 0 Å². The van der Waals surface area contributed by atoms with Crippen LogP contribution in [0.1, 0.15) is 136 Å². The molecule has 4 nitrogen and oxygen atoms in total. The molecule has 29 heavy (non-hydrogen) atoms. The standard InChI is InChI=1S/C24H51O4Si/c1-4-7-10-13-16-19-22-26-29(25,27-23-20-17-14-11-8-5-2)28-24-21-18-15-12-9-6-3/h4-24H2,1-3H3. The summed E-state index contributed by atoms with van der Waals surface area (Å²) in [6.45, 7) is 8.12. The van der Waals surface area contributed by atoms with Crippen LogP contribution in [0.3, 0.4) is 0 Å². The van der Waals surface area contributed by atoms with Gasteiger partial charge in [0.15, 0.2) is 0 Å². The molecule has 0 atom stereocenters. The Bertz CT molecular complexity index is 270. The molecule has 0 N–H and O–H groups in total. The fraction of sp³-hybridized carbons (Fsp3) is 1.00. The predicted molar refractivity (Wildman–Crippen MR) is 124 cm³/mol. The van der Waals surface area contributed by atoms with Crippen LogP contribution in [0.2, 0.25) is 0 Å². The largest absolute Gasteiger partial charge is 0.707 e. The van der Waals surface area contributed by atoms with Crippen LogP contribution in [0.25, 0.3) is 0 Å². The van der Waals surface area contributed by atoms with Crippen molar-refractivity contribution in [1.82, 2.24) is 0 Å². The molecular formula is C24H51O4Si. The van der Waals surface area contributed by atoms with Crippen LogP contribution in [0.4, 0.5) is 0 Å². The van der Waals surface area contributed by atoms with Crippen LogP contribution in [0, 0.1) is 0 Å². The van der Waals surface area contributed by atoms with Gasteiger partial charge < -0.3 is 13.3 Å². The normalized spacial score (nSPS) is 12.0. The van der Waals surface area contributed by atoms with Crippen molar-refractivity contribution < 1.29 is 18.1 Å². The van der Waals surface area contributed by atoms with Gasteiger partial charge >= 0.3 is 9.05 Å². The topological polar surface area (TPSA) is 47.6 Å². The summed E-state index contributed by atoms with van der Waals surface area (Å²) in [7, 11) is -3.73. The summed E-state index contributed by atoms with van der Waals surface area (Å²) in [5.41, 5.74) is 0. The highest BCUT2D eigenvalue weighted by Crippen LogP contribution is 2.14. The minimum absolute atomic E-state index is 0.481. The second-order valence-corrected chi connectivity index (χ2v) is 10.2. The Morgan fingerprint density at radius 3 is 0.931 bits per heavy atom. The number of unbranched alkanes of at least 4 members (excludes halogenated alkanes) is 15. The van der Waals surface area contributed by atoms with E-state index in [4.69, 9.17) is 13.3 Å².